The Kier molecular flexibility index (Phi) is 3.03. The lowest BCUT2D eigenvalue weighted by atomic mass is 10.0. The molecule has 0 saturated heterocycles. The van der Waals surface area contributed by atoms with E-state index in [9.17, 15) is 0 Å². The Morgan fingerprint density at radius 1 is 1.16 bits per heavy atom. The molecule has 0 radical (unpaired) electrons. The minimum atomic E-state index is 0.411. The molecule has 19 heavy (non-hydrogen) atoms. The van der Waals surface area contributed by atoms with E-state index in [1.807, 2.05) is 19.1 Å². The average molecular weight is 317 g/mol. The highest BCUT2D eigenvalue weighted by Gasteiger charge is 2.13. The van der Waals surface area contributed by atoms with E-state index in [1.54, 1.807) is 0 Å². The van der Waals surface area contributed by atoms with E-state index < -0.39 is 0 Å². The maximum Gasteiger partial charge on any atom is 0.225 e. The van der Waals surface area contributed by atoms with Crippen LogP contribution in [-0.4, -0.2) is 5.16 Å². The number of benzene rings is 2. The van der Waals surface area contributed by atoms with Gasteiger partial charge in [0.1, 0.15) is 5.69 Å². The molecule has 0 aliphatic rings. The van der Waals surface area contributed by atoms with Crippen molar-refractivity contribution in [2.75, 3.05) is 5.73 Å². The van der Waals surface area contributed by atoms with Crippen LogP contribution < -0.4 is 5.73 Å². The number of aromatic nitrogens is 1. The molecule has 0 spiro atoms. The Balaban J connectivity index is 2.17. The third-order valence-electron chi connectivity index (χ3n) is 3.25. The third kappa shape index (κ3) is 2.12. The summed E-state index contributed by atoms with van der Waals surface area (Å²) in [5.41, 5.74) is 8.63. The molecule has 2 N–H and O–H groups in total. The van der Waals surface area contributed by atoms with Gasteiger partial charge in [0.25, 0.3) is 0 Å². The van der Waals surface area contributed by atoms with Gasteiger partial charge in [-0.25, -0.2) is 0 Å². The van der Waals surface area contributed by atoms with Crippen LogP contribution in [0.15, 0.2) is 45.4 Å². The van der Waals surface area contributed by atoms with Crippen molar-refractivity contribution in [1.82, 2.24) is 5.16 Å². The number of anilines is 1. The molecule has 96 valence electrons. The van der Waals surface area contributed by atoms with Crippen LogP contribution in [0.2, 0.25) is 0 Å². The Morgan fingerprint density at radius 2 is 1.89 bits per heavy atom. The van der Waals surface area contributed by atoms with Crippen molar-refractivity contribution in [2.24, 2.45) is 0 Å². The summed E-state index contributed by atoms with van der Waals surface area (Å²) >= 11 is 3.48. The van der Waals surface area contributed by atoms with Crippen LogP contribution in [0.1, 0.15) is 12.5 Å². The fourth-order valence-corrected chi connectivity index (χ4v) is 2.63. The SMILES string of the molecule is CCc1c(-c2ccc3cc(Br)ccc3c2)noc1N. The zero-order valence-electron chi connectivity index (χ0n) is 10.5. The Morgan fingerprint density at radius 3 is 2.68 bits per heavy atom. The Bertz CT molecular complexity index is 749. The molecule has 4 heteroatoms. The van der Waals surface area contributed by atoms with Gasteiger partial charge in [0.2, 0.25) is 5.88 Å². The van der Waals surface area contributed by atoms with Crippen molar-refractivity contribution < 1.29 is 4.52 Å². The number of rotatable bonds is 2. The molecular formula is C15H13BrN2O. The molecule has 1 aromatic heterocycles. The van der Waals surface area contributed by atoms with Gasteiger partial charge in [0.05, 0.1) is 0 Å². The van der Waals surface area contributed by atoms with Crippen molar-refractivity contribution >= 4 is 32.6 Å². The molecular weight excluding hydrogens is 304 g/mol. The largest absolute Gasteiger partial charge is 0.367 e. The van der Waals surface area contributed by atoms with Gasteiger partial charge in [-0.15, -0.1) is 0 Å². The van der Waals surface area contributed by atoms with Gasteiger partial charge in [-0.05, 0) is 35.4 Å². The van der Waals surface area contributed by atoms with Crippen molar-refractivity contribution in [3.05, 3.63) is 46.4 Å². The van der Waals surface area contributed by atoms with E-state index in [-0.39, 0.29) is 0 Å². The summed E-state index contributed by atoms with van der Waals surface area (Å²) in [6.07, 6.45) is 0.809. The number of nitrogens with two attached hydrogens (primary N) is 1. The topological polar surface area (TPSA) is 52.0 Å². The monoisotopic (exact) mass is 316 g/mol. The maximum atomic E-state index is 5.79. The van der Waals surface area contributed by atoms with Crippen LogP contribution >= 0.6 is 15.9 Å². The van der Waals surface area contributed by atoms with Gasteiger partial charge >= 0.3 is 0 Å². The first kappa shape index (κ1) is 12.2. The maximum absolute atomic E-state index is 5.79. The van der Waals surface area contributed by atoms with Crippen LogP contribution in [0.5, 0.6) is 0 Å². The smallest absolute Gasteiger partial charge is 0.225 e. The lowest BCUT2D eigenvalue weighted by Crippen LogP contribution is -1.90. The van der Waals surface area contributed by atoms with Gasteiger partial charge in [0.15, 0.2) is 0 Å². The van der Waals surface area contributed by atoms with Gasteiger partial charge in [-0.1, -0.05) is 46.2 Å². The van der Waals surface area contributed by atoms with Gasteiger partial charge in [-0.2, -0.15) is 0 Å². The summed E-state index contributed by atoms with van der Waals surface area (Å²) in [4.78, 5) is 0. The number of nitrogen functional groups attached to an aromatic ring is 1. The second-order valence-corrected chi connectivity index (χ2v) is 5.35. The quantitative estimate of drug-likeness (QED) is 0.762. The Hall–Kier alpha value is -1.81. The van der Waals surface area contributed by atoms with E-state index in [0.717, 1.165) is 27.7 Å². The van der Waals surface area contributed by atoms with E-state index in [0.29, 0.717) is 5.88 Å². The molecule has 0 fully saturated rings. The zero-order chi connectivity index (χ0) is 13.4. The summed E-state index contributed by atoms with van der Waals surface area (Å²) in [6.45, 7) is 2.05. The molecule has 3 nitrogen and oxygen atoms in total. The van der Waals surface area contributed by atoms with Crippen molar-refractivity contribution in [2.45, 2.75) is 13.3 Å². The minimum Gasteiger partial charge on any atom is -0.367 e. The summed E-state index contributed by atoms with van der Waals surface area (Å²) in [5, 5.41) is 6.43. The van der Waals surface area contributed by atoms with Crippen LogP contribution in [0.25, 0.3) is 22.0 Å². The Labute approximate surface area is 119 Å². The highest BCUT2D eigenvalue weighted by atomic mass is 79.9. The molecule has 0 amide bonds. The molecule has 1 heterocycles. The lowest BCUT2D eigenvalue weighted by Gasteiger charge is -2.03. The molecule has 0 aliphatic carbocycles. The fraction of sp³-hybridized carbons (Fsp3) is 0.133. The van der Waals surface area contributed by atoms with Crippen LogP contribution in [-0.2, 0) is 6.42 Å². The summed E-state index contributed by atoms with van der Waals surface area (Å²) in [5.74, 6) is 0.411. The molecule has 2 aromatic carbocycles. The highest BCUT2D eigenvalue weighted by molar-refractivity contribution is 9.10. The average Bonchev–Trinajstić information content (AvgIpc) is 2.79. The van der Waals surface area contributed by atoms with Crippen molar-refractivity contribution in [1.29, 1.82) is 0 Å². The molecule has 3 rings (SSSR count). The number of nitrogens with zero attached hydrogens (tertiary/aromatic N) is 1. The van der Waals surface area contributed by atoms with Gasteiger partial charge < -0.3 is 10.3 Å². The third-order valence-corrected chi connectivity index (χ3v) is 3.74. The minimum absolute atomic E-state index is 0.411. The number of fused-ring (bicyclic) bond motifs is 1. The summed E-state index contributed by atoms with van der Waals surface area (Å²) in [6, 6.07) is 12.4. The van der Waals surface area contributed by atoms with Crippen molar-refractivity contribution in [3.63, 3.8) is 0 Å². The number of hydrogen-bond donors (Lipinski definition) is 1. The number of halogens is 1. The number of hydrogen-bond acceptors (Lipinski definition) is 3. The first-order chi connectivity index (χ1) is 9.19. The van der Waals surface area contributed by atoms with E-state index >= 15 is 0 Å². The lowest BCUT2D eigenvalue weighted by molar-refractivity contribution is 0.438. The molecule has 0 atom stereocenters. The van der Waals surface area contributed by atoms with E-state index in [2.05, 4.69) is 45.4 Å². The van der Waals surface area contributed by atoms with Crippen LogP contribution in [0.3, 0.4) is 0 Å². The summed E-state index contributed by atoms with van der Waals surface area (Å²) in [7, 11) is 0. The molecule has 0 bridgehead atoms. The molecule has 3 aromatic rings. The van der Waals surface area contributed by atoms with E-state index in [1.165, 1.54) is 10.8 Å². The highest BCUT2D eigenvalue weighted by Crippen LogP contribution is 2.30. The molecule has 0 unspecified atom stereocenters. The predicted octanol–water partition coefficient (Wildman–Crippen LogP) is 4.40. The zero-order valence-corrected chi connectivity index (χ0v) is 12.1. The second kappa shape index (κ2) is 4.70. The predicted molar refractivity (Wildman–Crippen MR) is 80.9 cm³/mol. The first-order valence-corrected chi connectivity index (χ1v) is 6.92. The second-order valence-electron chi connectivity index (χ2n) is 4.43. The molecule has 0 saturated carbocycles. The fourth-order valence-electron chi connectivity index (χ4n) is 2.25. The van der Waals surface area contributed by atoms with Gasteiger partial charge in [-0.3, -0.25) is 0 Å². The van der Waals surface area contributed by atoms with Gasteiger partial charge in [0, 0.05) is 15.6 Å². The molecule has 0 aliphatic heterocycles. The van der Waals surface area contributed by atoms with Crippen molar-refractivity contribution in [3.8, 4) is 11.3 Å². The van der Waals surface area contributed by atoms with E-state index in [4.69, 9.17) is 10.3 Å². The normalized spacial score (nSPS) is 11.1. The first-order valence-electron chi connectivity index (χ1n) is 6.12. The standard InChI is InChI=1S/C15H13BrN2O/c1-2-13-14(18-19-15(13)17)11-4-3-10-8-12(16)6-5-9(10)7-11/h3-8H,2,17H2,1H3. The van der Waals surface area contributed by atoms with Crippen LogP contribution in [0.4, 0.5) is 5.88 Å². The summed E-state index contributed by atoms with van der Waals surface area (Å²) < 4.78 is 6.17. The van der Waals surface area contributed by atoms with Crippen LogP contribution in [0, 0.1) is 0 Å².